The number of aliphatic imine (C=N–C) groups is 1. The van der Waals surface area contributed by atoms with Crippen molar-refractivity contribution >= 4 is 35.8 Å². The Hall–Kier alpha value is -0.570. The number of hydrogen-bond acceptors (Lipinski definition) is 3. The average molecular weight is 398 g/mol. The zero-order chi connectivity index (χ0) is 14.1. The Kier molecular flexibility index (Phi) is 10.8. The first-order valence-electron chi connectivity index (χ1n) is 6.87. The van der Waals surface area contributed by atoms with Crippen LogP contribution in [0.15, 0.2) is 4.99 Å². The summed E-state index contributed by atoms with van der Waals surface area (Å²) < 4.78 is 5.01. The molecule has 118 valence electrons. The molecule has 0 bridgehead atoms. The fourth-order valence-electron chi connectivity index (χ4n) is 1.98. The second-order valence-electron chi connectivity index (χ2n) is 5.00. The van der Waals surface area contributed by atoms with E-state index in [0.717, 1.165) is 0 Å². The summed E-state index contributed by atoms with van der Waals surface area (Å²) in [6.07, 6.45) is 4.87. The zero-order valence-corrected chi connectivity index (χ0v) is 15.0. The van der Waals surface area contributed by atoms with Crippen LogP contribution < -0.4 is 10.6 Å². The molecule has 0 aliphatic heterocycles. The maximum Gasteiger partial charge on any atom is 0.243 e. The number of methoxy groups -OCH3 is 1. The molecule has 2 N–H and O–H groups in total. The molecule has 6 nitrogen and oxygen atoms in total. The number of amides is 1. The molecule has 0 unspecified atom stereocenters. The third kappa shape index (κ3) is 7.88. The van der Waals surface area contributed by atoms with Crippen LogP contribution in [-0.2, 0) is 9.53 Å². The summed E-state index contributed by atoms with van der Waals surface area (Å²) in [5.74, 6) is 0.707. The number of likely N-dealkylation sites (N-methyl/N-ethyl adjacent to an activating group) is 1. The summed E-state index contributed by atoms with van der Waals surface area (Å²) in [6, 6.07) is 0.475. The maximum absolute atomic E-state index is 11.6. The third-order valence-electron chi connectivity index (χ3n) is 3.17. The number of hydrogen-bond donors (Lipinski definition) is 2. The largest absolute Gasteiger partial charge is 0.383 e. The van der Waals surface area contributed by atoms with E-state index in [0.29, 0.717) is 25.2 Å². The van der Waals surface area contributed by atoms with E-state index < -0.39 is 0 Å². The van der Waals surface area contributed by atoms with Crippen LogP contribution in [0.2, 0.25) is 0 Å². The molecule has 0 atom stereocenters. The molecule has 0 heterocycles. The van der Waals surface area contributed by atoms with Gasteiger partial charge < -0.3 is 20.3 Å². The SMILES string of the molecule is COCCNC(=NCC(=O)N(C)C)NC1CCCC1.I. The van der Waals surface area contributed by atoms with E-state index in [4.69, 9.17) is 4.74 Å². The summed E-state index contributed by atoms with van der Waals surface area (Å²) in [6.45, 7) is 1.47. The van der Waals surface area contributed by atoms with Crippen molar-refractivity contribution in [3.8, 4) is 0 Å². The van der Waals surface area contributed by atoms with Crippen molar-refractivity contribution in [2.24, 2.45) is 4.99 Å². The van der Waals surface area contributed by atoms with E-state index in [-0.39, 0.29) is 36.4 Å². The van der Waals surface area contributed by atoms with Gasteiger partial charge in [0.05, 0.1) is 6.61 Å². The third-order valence-corrected chi connectivity index (χ3v) is 3.17. The highest BCUT2D eigenvalue weighted by atomic mass is 127. The monoisotopic (exact) mass is 398 g/mol. The Bertz CT molecular complexity index is 305. The van der Waals surface area contributed by atoms with Crippen molar-refractivity contribution in [2.75, 3.05) is 40.9 Å². The van der Waals surface area contributed by atoms with E-state index in [1.165, 1.54) is 25.7 Å². The van der Waals surface area contributed by atoms with Gasteiger partial charge in [-0.3, -0.25) is 4.79 Å². The first-order valence-corrected chi connectivity index (χ1v) is 6.87. The lowest BCUT2D eigenvalue weighted by Gasteiger charge is -2.17. The van der Waals surface area contributed by atoms with Gasteiger partial charge in [-0.05, 0) is 12.8 Å². The van der Waals surface area contributed by atoms with Crippen molar-refractivity contribution in [3.63, 3.8) is 0 Å². The fraction of sp³-hybridized carbons (Fsp3) is 0.846. The highest BCUT2D eigenvalue weighted by molar-refractivity contribution is 14.0. The Balaban J connectivity index is 0.00000361. The minimum Gasteiger partial charge on any atom is -0.383 e. The predicted molar refractivity (Wildman–Crippen MR) is 91.7 cm³/mol. The van der Waals surface area contributed by atoms with Gasteiger partial charge in [0.25, 0.3) is 0 Å². The number of carbonyl (C=O) groups excluding carboxylic acids is 1. The molecule has 20 heavy (non-hydrogen) atoms. The molecule has 0 aromatic heterocycles. The van der Waals surface area contributed by atoms with Crippen molar-refractivity contribution < 1.29 is 9.53 Å². The zero-order valence-electron chi connectivity index (χ0n) is 12.6. The summed E-state index contributed by atoms with van der Waals surface area (Å²) >= 11 is 0. The molecule has 1 saturated carbocycles. The molecular weight excluding hydrogens is 371 g/mol. The van der Waals surface area contributed by atoms with Crippen LogP contribution in [0.25, 0.3) is 0 Å². The average Bonchev–Trinajstić information content (AvgIpc) is 2.88. The molecule has 7 heteroatoms. The van der Waals surface area contributed by atoms with Gasteiger partial charge in [0.1, 0.15) is 6.54 Å². The quantitative estimate of drug-likeness (QED) is 0.301. The second kappa shape index (κ2) is 11.1. The molecule has 0 aromatic carbocycles. The topological polar surface area (TPSA) is 66.0 Å². The van der Waals surface area contributed by atoms with E-state index in [1.54, 1.807) is 26.1 Å². The molecule has 1 rings (SSSR count). The van der Waals surface area contributed by atoms with Crippen LogP contribution in [0, 0.1) is 0 Å². The Labute approximate surface area is 138 Å². The number of nitrogens with one attached hydrogen (secondary N) is 2. The standard InChI is InChI=1S/C13H26N4O2.HI/c1-17(2)12(18)10-15-13(14-8-9-19-3)16-11-6-4-5-7-11;/h11H,4-10H2,1-3H3,(H2,14,15,16);1H. The molecular formula is C13H27IN4O2. The number of carbonyl (C=O) groups is 1. The van der Waals surface area contributed by atoms with Crippen molar-refractivity contribution in [1.29, 1.82) is 0 Å². The molecule has 1 aliphatic rings. The molecule has 0 aromatic rings. The molecule has 0 radical (unpaired) electrons. The minimum absolute atomic E-state index is 0. The van der Waals surface area contributed by atoms with E-state index in [2.05, 4.69) is 15.6 Å². The lowest BCUT2D eigenvalue weighted by molar-refractivity contribution is -0.127. The van der Waals surface area contributed by atoms with Crippen LogP contribution >= 0.6 is 24.0 Å². The predicted octanol–water partition coefficient (Wildman–Crippen LogP) is 0.817. The number of guanidine groups is 1. The van der Waals surface area contributed by atoms with Crippen molar-refractivity contribution in [3.05, 3.63) is 0 Å². The number of nitrogens with zero attached hydrogens (tertiary/aromatic N) is 2. The Morgan fingerprint density at radius 3 is 2.55 bits per heavy atom. The van der Waals surface area contributed by atoms with Gasteiger partial charge in [0.15, 0.2) is 5.96 Å². The van der Waals surface area contributed by atoms with Gasteiger partial charge >= 0.3 is 0 Å². The van der Waals surface area contributed by atoms with Crippen molar-refractivity contribution in [1.82, 2.24) is 15.5 Å². The van der Waals surface area contributed by atoms with Crippen LogP contribution in [-0.4, -0.2) is 63.7 Å². The molecule has 1 fully saturated rings. The first-order chi connectivity index (χ1) is 9.13. The number of rotatable bonds is 6. The van der Waals surface area contributed by atoms with E-state index in [1.807, 2.05) is 0 Å². The molecule has 0 spiro atoms. The summed E-state index contributed by atoms with van der Waals surface area (Å²) in [7, 11) is 5.14. The van der Waals surface area contributed by atoms with E-state index >= 15 is 0 Å². The fourth-order valence-corrected chi connectivity index (χ4v) is 1.98. The smallest absolute Gasteiger partial charge is 0.243 e. The highest BCUT2D eigenvalue weighted by Crippen LogP contribution is 2.17. The van der Waals surface area contributed by atoms with Gasteiger partial charge in [0, 0.05) is 33.8 Å². The maximum atomic E-state index is 11.6. The van der Waals surface area contributed by atoms with E-state index in [9.17, 15) is 4.79 Å². The van der Waals surface area contributed by atoms with Crippen LogP contribution in [0.5, 0.6) is 0 Å². The molecule has 1 aliphatic carbocycles. The van der Waals surface area contributed by atoms with Crippen LogP contribution in [0.4, 0.5) is 0 Å². The first kappa shape index (κ1) is 19.4. The van der Waals surface area contributed by atoms with Gasteiger partial charge in [-0.25, -0.2) is 4.99 Å². The Morgan fingerprint density at radius 2 is 2.00 bits per heavy atom. The van der Waals surface area contributed by atoms with Crippen LogP contribution in [0.1, 0.15) is 25.7 Å². The molecule has 1 amide bonds. The molecule has 0 saturated heterocycles. The Morgan fingerprint density at radius 1 is 1.35 bits per heavy atom. The lowest BCUT2D eigenvalue weighted by atomic mass is 10.2. The summed E-state index contributed by atoms with van der Waals surface area (Å²) in [5, 5.41) is 6.57. The van der Waals surface area contributed by atoms with Gasteiger partial charge in [-0.1, -0.05) is 12.8 Å². The summed E-state index contributed by atoms with van der Waals surface area (Å²) in [5.41, 5.74) is 0. The normalized spacial score (nSPS) is 15.7. The van der Waals surface area contributed by atoms with Gasteiger partial charge in [-0.15, -0.1) is 24.0 Å². The van der Waals surface area contributed by atoms with Crippen LogP contribution in [0.3, 0.4) is 0 Å². The summed E-state index contributed by atoms with van der Waals surface area (Å²) in [4.78, 5) is 17.4. The van der Waals surface area contributed by atoms with Gasteiger partial charge in [0.2, 0.25) is 5.91 Å². The minimum atomic E-state index is -0.000682. The second-order valence-corrected chi connectivity index (χ2v) is 5.00. The van der Waals surface area contributed by atoms with Gasteiger partial charge in [-0.2, -0.15) is 0 Å². The van der Waals surface area contributed by atoms with Crippen molar-refractivity contribution in [2.45, 2.75) is 31.7 Å². The lowest BCUT2D eigenvalue weighted by Crippen LogP contribution is -2.44. The number of halogens is 1. The number of ether oxygens (including phenoxy) is 1. The highest BCUT2D eigenvalue weighted by Gasteiger charge is 2.16.